The van der Waals surface area contributed by atoms with Crippen molar-refractivity contribution in [3.05, 3.63) is 47.0 Å². The third kappa shape index (κ3) is 7.33. The van der Waals surface area contributed by atoms with Crippen LogP contribution in [0, 0.1) is 23.2 Å². The largest absolute Gasteiger partial charge is 0.448 e. The van der Waals surface area contributed by atoms with Gasteiger partial charge in [0.15, 0.2) is 5.82 Å². The minimum Gasteiger partial charge on any atom is -0.448 e. The molecule has 2 aromatic carbocycles. The van der Waals surface area contributed by atoms with Gasteiger partial charge in [-0.25, -0.2) is 9.59 Å². The maximum atomic E-state index is 13.6. The van der Waals surface area contributed by atoms with Crippen LogP contribution in [0.25, 0.3) is 22.0 Å². The summed E-state index contributed by atoms with van der Waals surface area (Å²) in [5.74, 6) is -0.271. The highest BCUT2D eigenvalue weighted by molar-refractivity contribution is 6.33. The quantitative estimate of drug-likeness (QED) is 0.316. The number of benzene rings is 2. The molecule has 0 spiro atoms. The molecule has 0 unspecified atom stereocenters. The molecule has 1 aromatic heterocycles. The van der Waals surface area contributed by atoms with Gasteiger partial charge in [0.1, 0.15) is 5.60 Å². The van der Waals surface area contributed by atoms with E-state index in [1.54, 1.807) is 62.1 Å². The number of nitrogens with one attached hydrogen (secondary N) is 1. The summed E-state index contributed by atoms with van der Waals surface area (Å²) in [5.41, 5.74) is 1.60. The van der Waals surface area contributed by atoms with Crippen molar-refractivity contribution in [2.75, 3.05) is 25.0 Å². The van der Waals surface area contributed by atoms with Crippen LogP contribution in [0.4, 0.5) is 15.4 Å². The fourth-order valence-corrected chi connectivity index (χ4v) is 6.07. The van der Waals surface area contributed by atoms with Gasteiger partial charge in [-0.05, 0) is 88.3 Å². The Morgan fingerprint density at radius 1 is 1.05 bits per heavy atom. The standard InChI is InChI=1S/C33H38ClN5O5/c1-33(2,3)44-31(41)38-15-7-10-24(19-38)30(40)36-29-26-17-23(25-16-22(18-35)11-13-27(25)34)12-14-28(26)39(37-29)32(42)43-20-21-8-5-4-6-9-21/h11-14,16-17,21,24H,4-10,15,19-20H2,1-3H3,(H,36,37,40)/t24-/m1/s1. The number of nitrogens with zero attached hydrogens (tertiary/aromatic N) is 4. The molecule has 44 heavy (non-hydrogen) atoms. The number of hydrogen-bond donors (Lipinski definition) is 1. The Balaban J connectivity index is 1.43. The summed E-state index contributed by atoms with van der Waals surface area (Å²) in [6.45, 7) is 6.45. The first-order valence-corrected chi connectivity index (χ1v) is 15.6. The molecule has 232 valence electrons. The van der Waals surface area contributed by atoms with Gasteiger partial charge < -0.3 is 19.7 Å². The molecule has 2 aliphatic rings. The average Bonchev–Trinajstić information content (AvgIpc) is 3.37. The molecule has 11 heteroatoms. The molecule has 0 radical (unpaired) electrons. The van der Waals surface area contributed by atoms with Crippen molar-refractivity contribution in [3.63, 3.8) is 0 Å². The summed E-state index contributed by atoms with van der Waals surface area (Å²) >= 11 is 6.50. The Morgan fingerprint density at radius 3 is 2.55 bits per heavy atom. The lowest BCUT2D eigenvalue weighted by molar-refractivity contribution is -0.121. The van der Waals surface area contributed by atoms with Crippen molar-refractivity contribution in [2.45, 2.75) is 71.3 Å². The topological polar surface area (TPSA) is 127 Å². The van der Waals surface area contributed by atoms with Crippen LogP contribution in [0.15, 0.2) is 36.4 Å². The van der Waals surface area contributed by atoms with Gasteiger partial charge in [0.2, 0.25) is 5.91 Å². The fraction of sp³-hybridized carbons (Fsp3) is 0.485. The lowest BCUT2D eigenvalue weighted by Gasteiger charge is -2.33. The predicted octanol–water partition coefficient (Wildman–Crippen LogP) is 7.38. The molecule has 2 amide bonds. The Morgan fingerprint density at radius 2 is 1.82 bits per heavy atom. The van der Waals surface area contributed by atoms with Gasteiger partial charge in [0, 0.05) is 29.1 Å². The number of aromatic nitrogens is 2. The highest BCUT2D eigenvalue weighted by atomic mass is 35.5. The normalized spacial score (nSPS) is 17.6. The molecule has 1 N–H and O–H groups in total. The summed E-state index contributed by atoms with van der Waals surface area (Å²) in [6, 6.07) is 12.4. The lowest BCUT2D eigenvalue weighted by atomic mass is 9.90. The number of piperidine rings is 1. The van der Waals surface area contributed by atoms with Crippen molar-refractivity contribution in [2.24, 2.45) is 11.8 Å². The zero-order valence-electron chi connectivity index (χ0n) is 25.4. The SMILES string of the molecule is CC(C)(C)OC(=O)N1CCC[C@@H](C(=O)Nc2nn(C(=O)OCC3CCCCC3)c3ccc(-c4cc(C#N)ccc4Cl)cc23)C1. The molecular weight excluding hydrogens is 582 g/mol. The minimum atomic E-state index is -0.642. The summed E-state index contributed by atoms with van der Waals surface area (Å²) in [5, 5.41) is 17.8. The van der Waals surface area contributed by atoms with Crippen LogP contribution < -0.4 is 5.32 Å². The molecule has 2 heterocycles. The first-order valence-electron chi connectivity index (χ1n) is 15.2. The van der Waals surface area contributed by atoms with Gasteiger partial charge in [0.05, 0.1) is 29.7 Å². The van der Waals surface area contributed by atoms with Gasteiger partial charge in [-0.2, -0.15) is 9.94 Å². The van der Waals surface area contributed by atoms with E-state index in [0.29, 0.717) is 64.5 Å². The third-order valence-corrected chi connectivity index (χ3v) is 8.44. The zero-order valence-corrected chi connectivity index (χ0v) is 26.2. The molecule has 1 atom stereocenters. The fourth-order valence-electron chi connectivity index (χ4n) is 5.84. The second-order valence-corrected chi connectivity index (χ2v) is 13.0. The maximum absolute atomic E-state index is 13.6. The second-order valence-electron chi connectivity index (χ2n) is 12.6. The van der Waals surface area contributed by atoms with Gasteiger partial charge in [0.25, 0.3) is 0 Å². The van der Waals surface area contributed by atoms with Gasteiger partial charge in [-0.1, -0.05) is 36.9 Å². The molecule has 5 rings (SSSR count). The van der Waals surface area contributed by atoms with Crippen molar-refractivity contribution >= 4 is 46.4 Å². The Bertz CT molecular complexity index is 1600. The molecule has 0 bridgehead atoms. The van der Waals surface area contributed by atoms with E-state index in [4.69, 9.17) is 21.1 Å². The molecule has 3 aromatic rings. The summed E-state index contributed by atoms with van der Waals surface area (Å²) < 4.78 is 12.4. The number of hydrogen-bond acceptors (Lipinski definition) is 7. The zero-order chi connectivity index (χ0) is 31.4. The van der Waals surface area contributed by atoms with Gasteiger partial charge in [-0.3, -0.25) is 4.79 Å². The number of halogens is 1. The van der Waals surface area contributed by atoms with Crippen LogP contribution in [-0.2, 0) is 14.3 Å². The molecule has 1 saturated heterocycles. The smallest absolute Gasteiger partial charge is 0.435 e. The monoisotopic (exact) mass is 619 g/mol. The van der Waals surface area contributed by atoms with E-state index in [2.05, 4.69) is 16.5 Å². The van der Waals surface area contributed by atoms with E-state index < -0.39 is 23.7 Å². The van der Waals surface area contributed by atoms with E-state index in [9.17, 15) is 19.6 Å². The van der Waals surface area contributed by atoms with Crippen molar-refractivity contribution in [3.8, 4) is 17.2 Å². The predicted molar refractivity (Wildman–Crippen MR) is 167 cm³/mol. The van der Waals surface area contributed by atoms with E-state index >= 15 is 0 Å². The average molecular weight is 620 g/mol. The Labute approximate surface area is 262 Å². The lowest BCUT2D eigenvalue weighted by Crippen LogP contribution is -2.45. The van der Waals surface area contributed by atoms with Crippen LogP contribution in [0.1, 0.15) is 71.3 Å². The number of anilines is 1. The number of ether oxygens (including phenoxy) is 2. The number of amides is 2. The highest BCUT2D eigenvalue weighted by Crippen LogP contribution is 2.34. The van der Waals surface area contributed by atoms with E-state index in [-0.39, 0.29) is 18.3 Å². The van der Waals surface area contributed by atoms with Crippen LogP contribution >= 0.6 is 11.6 Å². The number of carbonyl (C=O) groups is 3. The minimum absolute atomic E-state index is 0.198. The molecule has 10 nitrogen and oxygen atoms in total. The van der Waals surface area contributed by atoms with Crippen molar-refractivity contribution in [1.82, 2.24) is 14.7 Å². The molecule has 1 aliphatic carbocycles. The number of rotatable bonds is 5. The van der Waals surface area contributed by atoms with Crippen molar-refractivity contribution < 1.29 is 23.9 Å². The Hall–Kier alpha value is -4.10. The van der Waals surface area contributed by atoms with Gasteiger partial charge >= 0.3 is 12.2 Å². The van der Waals surface area contributed by atoms with Crippen molar-refractivity contribution in [1.29, 1.82) is 5.26 Å². The number of nitriles is 1. The van der Waals surface area contributed by atoms with Crippen LogP contribution in [0.2, 0.25) is 5.02 Å². The molecule has 2 fully saturated rings. The summed E-state index contributed by atoms with van der Waals surface area (Å²) in [6.07, 6.45) is 5.70. The third-order valence-electron chi connectivity index (χ3n) is 8.11. The van der Waals surface area contributed by atoms with E-state index in [1.165, 1.54) is 11.1 Å². The molecule has 1 aliphatic heterocycles. The van der Waals surface area contributed by atoms with Crippen LogP contribution in [-0.4, -0.2) is 58.1 Å². The second kappa shape index (κ2) is 13.3. The highest BCUT2D eigenvalue weighted by Gasteiger charge is 2.32. The first-order chi connectivity index (χ1) is 21.0. The van der Waals surface area contributed by atoms with E-state index in [1.807, 2.05) is 0 Å². The van der Waals surface area contributed by atoms with Crippen LogP contribution in [0.5, 0.6) is 0 Å². The molecule has 1 saturated carbocycles. The molecular formula is C33H38ClN5O5. The Kier molecular flexibility index (Phi) is 9.45. The number of fused-ring (bicyclic) bond motifs is 1. The number of likely N-dealkylation sites (tertiary alicyclic amines) is 1. The van der Waals surface area contributed by atoms with Crippen LogP contribution in [0.3, 0.4) is 0 Å². The first kappa shape index (κ1) is 31.3. The summed E-state index contributed by atoms with van der Waals surface area (Å²) in [7, 11) is 0. The van der Waals surface area contributed by atoms with Gasteiger partial charge in [-0.15, -0.1) is 5.10 Å². The van der Waals surface area contributed by atoms with E-state index in [0.717, 1.165) is 25.7 Å². The number of carbonyl (C=O) groups excluding carboxylic acids is 3. The summed E-state index contributed by atoms with van der Waals surface area (Å²) in [4.78, 5) is 41.1. The maximum Gasteiger partial charge on any atom is 0.435 e.